The number of nitrogens with zero attached hydrogens (tertiary/aromatic N) is 1. The molecule has 0 radical (unpaired) electrons. The summed E-state index contributed by atoms with van der Waals surface area (Å²) in [5, 5.41) is 9.03. The van der Waals surface area contributed by atoms with E-state index in [2.05, 4.69) is 25.9 Å². The molecule has 0 saturated heterocycles. The number of aromatic amines is 1. The summed E-state index contributed by atoms with van der Waals surface area (Å²) >= 11 is 6.28. The first-order valence-electron chi connectivity index (χ1n) is 10.5. The van der Waals surface area contributed by atoms with Crippen LogP contribution in [0, 0.1) is 0 Å². The van der Waals surface area contributed by atoms with Crippen molar-refractivity contribution in [3.05, 3.63) is 44.7 Å². The molecule has 0 spiro atoms. The second-order valence-electron chi connectivity index (χ2n) is 8.15. The third kappa shape index (κ3) is 5.57. The Bertz CT molecular complexity index is 1070. The smallest absolute Gasteiger partial charge is 0.267 e. The zero-order chi connectivity index (χ0) is 23.4. The summed E-state index contributed by atoms with van der Waals surface area (Å²) in [6.45, 7) is 3.69. The molecule has 2 amide bonds. The molecule has 10 nitrogen and oxygen atoms in total. The summed E-state index contributed by atoms with van der Waals surface area (Å²) in [6, 6.07) is 4.49. The van der Waals surface area contributed by atoms with E-state index in [1.54, 1.807) is 12.1 Å². The number of hydrogen-bond donors (Lipinski definition) is 6. The molecule has 2 atom stereocenters. The van der Waals surface area contributed by atoms with Crippen LogP contribution in [-0.4, -0.2) is 39.9 Å². The van der Waals surface area contributed by atoms with Gasteiger partial charge in [-0.25, -0.2) is 0 Å². The Morgan fingerprint density at radius 3 is 2.59 bits per heavy atom. The van der Waals surface area contributed by atoms with Gasteiger partial charge in [-0.3, -0.25) is 19.4 Å². The molecule has 3 rings (SSSR count). The van der Waals surface area contributed by atoms with E-state index in [4.69, 9.17) is 23.1 Å². The van der Waals surface area contributed by atoms with Gasteiger partial charge in [-0.1, -0.05) is 24.4 Å². The molecule has 0 aliphatic heterocycles. The van der Waals surface area contributed by atoms with Crippen LogP contribution in [0.25, 0.3) is 0 Å². The minimum atomic E-state index is -0.929. The number of rotatable bonds is 7. The Labute approximate surface area is 190 Å². The van der Waals surface area contributed by atoms with Gasteiger partial charge in [0.05, 0.1) is 10.6 Å². The first-order valence-corrected chi connectivity index (χ1v) is 10.9. The Hall–Kier alpha value is -3.11. The standard InChI is InChI=1S/C21H28ClN7O3/c1-10(2)25-19(31)12-8-7-11(9-13(12)22)26-18-16(17(24)30)20(32)29-21(28-18)27-15-6-4-3-5-14(15)23/h7-10,14-15H,3-6,23H2,1-2H3,(H2,24,30)(H,25,31)(H3,26,27,28,29,32)/t14-,15-/m0/s1. The third-order valence-corrected chi connectivity index (χ3v) is 5.52. The minimum absolute atomic E-state index is 0.0245. The molecule has 1 aliphatic rings. The number of aromatic nitrogens is 2. The van der Waals surface area contributed by atoms with Crippen molar-refractivity contribution in [2.45, 2.75) is 57.7 Å². The van der Waals surface area contributed by atoms with Gasteiger partial charge in [0.25, 0.3) is 17.4 Å². The molecule has 11 heteroatoms. The predicted octanol–water partition coefficient (Wildman–Crippen LogP) is 2.09. The number of primary amides is 1. The number of hydrogen-bond acceptors (Lipinski definition) is 7. The van der Waals surface area contributed by atoms with Crippen molar-refractivity contribution >= 4 is 40.9 Å². The molecule has 172 valence electrons. The zero-order valence-corrected chi connectivity index (χ0v) is 18.8. The van der Waals surface area contributed by atoms with Gasteiger partial charge >= 0.3 is 0 Å². The lowest BCUT2D eigenvalue weighted by atomic mass is 9.91. The summed E-state index contributed by atoms with van der Waals surface area (Å²) < 4.78 is 0. The minimum Gasteiger partial charge on any atom is -0.365 e. The topological polar surface area (TPSA) is 168 Å². The highest BCUT2D eigenvalue weighted by Gasteiger charge is 2.24. The van der Waals surface area contributed by atoms with Crippen LogP contribution in [0.3, 0.4) is 0 Å². The first-order chi connectivity index (χ1) is 15.2. The van der Waals surface area contributed by atoms with E-state index in [1.165, 1.54) is 6.07 Å². The monoisotopic (exact) mass is 461 g/mol. The van der Waals surface area contributed by atoms with Crippen LogP contribution in [-0.2, 0) is 0 Å². The number of H-pyrrole nitrogens is 1. The van der Waals surface area contributed by atoms with Crippen LogP contribution in [0.15, 0.2) is 23.0 Å². The summed E-state index contributed by atoms with van der Waals surface area (Å²) in [4.78, 5) is 43.6. The van der Waals surface area contributed by atoms with Crippen LogP contribution in [0.5, 0.6) is 0 Å². The number of benzene rings is 1. The van der Waals surface area contributed by atoms with Crippen LogP contribution in [0.2, 0.25) is 5.02 Å². The molecule has 1 aromatic heterocycles. The summed E-state index contributed by atoms with van der Waals surface area (Å²) in [5.41, 5.74) is 11.3. The van der Waals surface area contributed by atoms with Gasteiger partial charge in [-0.2, -0.15) is 4.98 Å². The van der Waals surface area contributed by atoms with Crippen LogP contribution >= 0.6 is 11.6 Å². The lowest BCUT2D eigenvalue weighted by molar-refractivity contribution is 0.0942. The Kier molecular flexibility index (Phi) is 7.37. The number of halogens is 1. The second kappa shape index (κ2) is 10.0. The van der Waals surface area contributed by atoms with Gasteiger partial charge in [0.15, 0.2) is 5.82 Å². The van der Waals surface area contributed by atoms with Gasteiger partial charge in [-0.15, -0.1) is 0 Å². The predicted molar refractivity (Wildman–Crippen MR) is 125 cm³/mol. The highest BCUT2D eigenvalue weighted by molar-refractivity contribution is 6.34. The van der Waals surface area contributed by atoms with E-state index in [-0.39, 0.29) is 46.4 Å². The van der Waals surface area contributed by atoms with E-state index < -0.39 is 11.5 Å². The lowest BCUT2D eigenvalue weighted by Gasteiger charge is -2.29. The third-order valence-electron chi connectivity index (χ3n) is 5.20. The number of nitrogens with one attached hydrogen (secondary N) is 4. The van der Waals surface area contributed by atoms with Crippen molar-refractivity contribution in [1.82, 2.24) is 15.3 Å². The zero-order valence-electron chi connectivity index (χ0n) is 18.0. The van der Waals surface area contributed by atoms with Gasteiger partial charge in [0.2, 0.25) is 5.95 Å². The molecule has 0 unspecified atom stereocenters. The first kappa shape index (κ1) is 23.6. The van der Waals surface area contributed by atoms with Gasteiger partial charge in [-0.05, 0) is 44.9 Å². The highest BCUT2D eigenvalue weighted by Crippen LogP contribution is 2.25. The number of anilines is 3. The fraction of sp³-hybridized carbons (Fsp3) is 0.429. The average molecular weight is 462 g/mol. The maximum absolute atomic E-state index is 12.5. The van der Waals surface area contributed by atoms with Crippen LogP contribution < -0.4 is 33.0 Å². The van der Waals surface area contributed by atoms with Crippen molar-refractivity contribution in [2.24, 2.45) is 11.5 Å². The molecule has 1 saturated carbocycles. The van der Waals surface area contributed by atoms with E-state index in [1.807, 2.05) is 13.8 Å². The van der Waals surface area contributed by atoms with Crippen LogP contribution in [0.4, 0.5) is 17.5 Å². The molecular formula is C21H28ClN7O3. The highest BCUT2D eigenvalue weighted by atomic mass is 35.5. The number of nitrogens with two attached hydrogens (primary N) is 2. The Balaban J connectivity index is 1.89. The Morgan fingerprint density at radius 2 is 1.97 bits per heavy atom. The number of carbonyl (C=O) groups excluding carboxylic acids is 2. The average Bonchev–Trinajstić information content (AvgIpc) is 2.68. The van der Waals surface area contributed by atoms with Crippen molar-refractivity contribution in [3.63, 3.8) is 0 Å². The molecule has 1 aliphatic carbocycles. The largest absolute Gasteiger partial charge is 0.365 e. The maximum atomic E-state index is 12.5. The van der Waals surface area contributed by atoms with Crippen molar-refractivity contribution in [2.75, 3.05) is 10.6 Å². The van der Waals surface area contributed by atoms with Gasteiger partial charge in [0, 0.05) is 23.8 Å². The van der Waals surface area contributed by atoms with Gasteiger partial charge < -0.3 is 27.4 Å². The van der Waals surface area contributed by atoms with E-state index in [0.717, 1.165) is 25.7 Å². The normalized spacial score (nSPS) is 18.3. The van der Waals surface area contributed by atoms with Gasteiger partial charge in [0.1, 0.15) is 5.56 Å². The molecule has 1 fully saturated rings. The second-order valence-corrected chi connectivity index (χ2v) is 8.56. The van der Waals surface area contributed by atoms with Crippen molar-refractivity contribution < 1.29 is 9.59 Å². The number of carbonyl (C=O) groups is 2. The number of amides is 2. The van der Waals surface area contributed by atoms with E-state index >= 15 is 0 Å². The summed E-state index contributed by atoms with van der Waals surface area (Å²) in [6.07, 6.45) is 3.81. The van der Waals surface area contributed by atoms with Crippen LogP contribution in [0.1, 0.15) is 60.2 Å². The van der Waals surface area contributed by atoms with E-state index in [9.17, 15) is 14.4 Å². The fourth-order valence-electron chi connectivity index (χ4n) is 3.63. The SMILES string of the molecule is CC(C)NC(=O)c1ccc(Nc2nc(N[C@H]3CCCC[C@@H]3N)[nH]c(=O)c2C(N)=O)cc1Cl. The molecule has 8 N–H and O–H groups in total. The molecule has 0 bridgehead atoms. The summed E-state index contributed by atoms with van der Waals surface area (Å²) in [7, 11) is 0. The lowest BCUT2D eigenvalue weighted by Crippen LogP contribution is -2.43. The molecule has 2 aromatic rings. The quantitative estimate of drug-likeness (QED) is 0.366. The Morgan fingerprint density at radius 1 is 1.25 bits per heavy atom. The van der Waals surface area contributed by atoms with E-state index in [0.29, 0.717) is 11.3 Å². The molecule has 1 aromatic carbocycles. The molecule has 1 heterocycles. The van der Waals surface area contributed by atoms with Crippen molar-refractivity contribution in [1.29, 1.82) is 0 Å². The van der Waals surface area contributed by atoms with Crippen molar-refractivity contribution in [3.8, 4) is 0 Å². The maximum Gasteiger partial charge on any atom is 0.267 e. The fourth-order valence-corrected chi connectivity index (χ4v) is 3.90. The molecular weight excluding hydrogens is 434 g/mol. The summed E-state index contributed by atoms with van der Waals surface area (Å²) in [5.74, 6) is -1.08. The molecule has 32 heavy (non-hydrogen) atoms.